The number of anilines is 1. The Balaban J connectivity index is 2.18. The molecule has 1 aromatic rings. The fraction of sp³-hybridized carbons (Fsp3) is 0.722. The molecule has 1 aromatic heterocycles. The summed E-state index contributed by atoms with van der Waals surface area (Å²) in [5, 5.41) is 3.60. The second kappa shape index (κ2) is 6.78. The number of hydrogen-bond donors (Lipinski definition) is 1. The van der Waals surface area contributed by atoms with Crippen LogP contribution >= 0.6 is 0 Å². The zero-order chi connectivity index (χ0) is 15.5. The average Bonchev–Trinajstić information content (AvgIpc) is 2.45. The van der Waals surface area contributed by atoms with Crippen LogP contribution in [0, 0.1) is 12.8 Å². The molecule has 2 rings (SSSR count). The van der Waals surface area contributed by atoms with Crippen molar-refractivity contribution in [1.82, 2.24) is 10.3 Å². The highest BCUT2D eigenvalue weighted by molar-refractivity contribution is 5.54. The topological polar surface area (TPSA) is 28.2 Å². The zero-order valence-corrected chi connectivity index (χ0v) is 14.4. The third-order valence-corrected chi connectivity index (χ3v) is 4.34. The van der Waals surface area contributed by atoms with Gasteiger partial charge in [-0.3, -0.25) is 4.98 Å². The van der Waals surface area contributed by atoms with Crippen molar-refractivity contribution in [3.8, 4) is 0 Å². The van der Waals surface area contributed by atoms with Gasteiger partial charge in [-0.15, -0.1) is 0 Å². The van der Waals surface area contributed by atoms with Crippen molar-refractivity contribution in [2.45, 2.75) is 66.0 Å². The summed E-state index contributed by atoms with van der Waals surface area (Å²) < 4.78 is 0. The molecule has 1 atom stereocenters. The Morgan fingerprint density at radius 3 is 2.81 bits per heavy atom. The van der Waals surface area contributed by atoms with Crippen LogP contribution in [-0.4, -0.2) is 23.6 Å². The first-order chi connectivity index (χ1) is 9.89. The van der Waals surface area contributed by atoms with E-state index in [-0.39, 0.29) is 5.54 Å². The second-order valence-electron chi connectivity index (χ2n) is 7.42. The van der Waals surface area contributed by atoms with Gasteiger partial charge in [0.25, 0.3) is 0 Å². The molecule has 118 valence electrons. The number of aryl methyl sites for hydroxylation is 1. The fourth-order valence-electron chi connectivity index (χ4n) is 2.98. The maximum absolute atomic E-state index is 4.51. The van der Waals surface area contributed by atoms with Crippen LogP contribution in [0.2, 0.25) is 0 Å². The largest absolute Gasteiger partial charge is 0.371 e. The van der Waals surface area contributed by atoms with Gasteiger partial charge in [-0.05, 0) is 52.5 Å². The molecule has 3 heteroatoms. The Kier molecular flexibility index (Phi) is 5.26. The first kappa shape index (κ1) is 16.3. The number of hydrogen-bond acceptors (Lipinski definition) is 3. The minimum absolute atomic E-state index is 0.135. The van der Waals surface area contributed by atoms with Gasteiger partial charge in [-0.2, -0.15) is 0 Å². The lowest BCUT2D eigenvalue weighted by Gasteiger charge is -2.35. The van der Waals surface area contributed by atoms with E-state index >= 15 is 0 Å². The summed E-state index contributed by atoms with van der Waals surface area (Å²) in [6.45, 7) is 14.3. The number of rotatable bonds is 4. The van der Waals surface area contributed by atoms with Crippen molar-refractivity contribution in [2.24, 2.45) is 5.92 Å². The molecule has 1 fully saturated rings. The van der Waals surface area contributed by atoms with E-state index in [0.29, 0.717) is 0 Å². The minimum atomic E-state index is 0.135. The Morgan fingerprint density at radius 1 is 1.38 bits per heavy atom. The summed E-state index contributed by atoms with van der Waals surface area (Å²) in [7, 11) is 0. The van der Waals surface area contributed by atoms with Gasteiger partial charge in [-0.1, -0.05) is 13.3 Å². The highest BCUT2D eigenvalue weighted by Crippen LogP contribution is 2.28. The lowest BCUT2D eigenvalue weighted by atomic mass is 9.94. The third-order valence-electron chi connectivity index (χ3n) is 4.34. The average molecular weight is 289 g/mol. The lowest BCUT2D eigenvalue weighted by molar-refractivity contribution is 0.401. The van der Waals surface area contributed by atoms with Crippen LogP contribution in [0.5, 0.6) is 0 Å². The third kappa shape index (κ3) is 4.70. The molecule has 2 heterocycles. The standard InChI is InChI=1S/C18H31N3/c1-6-15-8-7-9-21(13-15)17-10-14(2)19-11-16(17)12-20-18(3,4)5/h10-11,15,20H,6-9,12-13H2,1-5H3. The fourth-order valence-corrected chi connectivity index (χ4v) is 2.98. The van der Waals surface area contributed by atoms with Crippen LogP contribution in [-0.2, 0) is 6.54 Å². The minimum Gasteiger partial charge on any atom is -0.371 e. The molecular formula is C18H31N3. The molecule has 1 saturated heterocycles. The number of nitrogens with zero attached hydrogens (tertiary/aromatic N) is 2. The SMILES string of the molecule is CCC1CCCN(c2cc(C)ncc2CNC(C)(C)C)C1. The summed E-state index contributed by atoms with van der Waals surface area (Å²) >= 11 is 0. The number of piperidine rings is 1. The molecule has 0 amide bonds. The summed E-state index contributed by atoms with van der Waals surface area (Å²) in [6.07, 6.45) is 6.04. The summed E-state index contributed by atoms with van der Waals surface area (Å²) in [5.74, 6) is 0.843. The first-order valence-electron chi connectivity index (χ1n) is 8.34. The van der Waals surface area contributed by atoms with Crippen LogP contribution < -0.4 is 10.2 Å². The van der Waals surface area contributed by atoms with Crippen molar-refractivity contribution >= 4 is 5.69 Å². The van der Waals surface area contributed by atoms with Gasteiger partial charge >= 0.3 is 0 Å². The van der Waals surface area contributed by atoms with Crippen LogP contribution in [0.25, 0.3) is 0 Å². The quantitative estimate of drug-likeness (QED) is 0.911. The molecule has 1 aliphatic rings. The molecule has 1 N–H and O–H groups in total. The van der Waals surface area contributed by atoms with Gasteiger partial charge < -0.3 is 10.2 Å². The van der Waals surface area contributed by atoms with Gasteiger partial charge in [0.15, 0.2) is 0 Å². The Labute approximate surface area is 130 Å². The molecule has 0 aliphatic carbocycles. The molecule has 0 spiro atoms. The van der Waals surface area contributed by atoms with E-state index in [1.807, 2.05) is 0 Å². The van der Waals surface area contributed by atoms with Crippen LogP contribution in [0.3, 0.4) is 0 Å². The van der Waals surface area contributed by atoms with E-state index in [0.717, 1.165) is 18.2 Å². The van der Waals surface area contributed by atoms with Gasteiger partial charge in [0.05, 0.1) is 0 Å². The highest BCUT2D eigenvalue weighted by Gasteiger charge is 2.21. The highest BCUT2D eigenvalue weighted by atomic mass is 15.1. The Morgan fingerprint density at radius 2 is 2.14 bits per heavy atom. The number of nitrogens with one attached hydrogen (secondary N) is 1. The van der Waals surface area contributed by atoms with Crippen LogP contribution in [0.1, 0.15) is 58.2 Å². The van der Waals surface area contributed by atoms with E-state index in [1.165, 1.54) is 43.6 Å². The maximum Gasteiger partial charge on any atom is 0.0445 e. The smallest absolute Gasteiger partial charge is 0.0445 e. The molecular weight excluding hydrogens is 258 g/mol. The number of pyridine rings is 1. The van der Waals surface area contributed by atoms with E-state index in [9.17, 15) is 0 Å². The lowest BCUT2D eigenvalue weighted by Crippen LogP contribution is -2.38. The maximum atomic E-state index is 4.51. The van der Waals surface area contributed by atoms with Crippen LogP contribution in [0.15, 0.2) is 12.3 Å². The van der Waals surface area contributed by atoms with Crippen molar-refractivity contribution in [2.75, 3.05) is 18.0 Å². The Hall–Kier alpha value is -1.09. The molecule has 0 radical (unpaired) electrons. The van der Waals surface area contributed by atoms with Crippen molar-refractivity contribution in [3.63, 3.8) is 0 Å². The predicted octanol–water partition coefficient (Wildman–Crippen LogP) is 3.90. The molecule has 0 saturated carbocycles. The molecule has 1 aliphatic heterocycles. The summed E-state index contributed by atoms with van der Waals surface area (Å²) in [5.41, 5.74) is 3.96. The van der Waals surface area contributed by atoms with Gasteiger partial charge in [0, 0.05) is 48.3 Å². The summed E-state index contributed by atoms with van der Waals surface area (Å²) in [4.78, 5) is 7.08. The molecule has 0 aromatic carbocycles. The van der Waals surface area contributed by atoms with E-state index in [4.69, 9.17) is 0 Å². The second-order valence-corrected chi connectivity index (χ2v) is 7.42. The number of aromatic nitrogens is 1. The summed E-state index contributed by atoms with van der Waals surface area (Å²) in [6, 6.07) is 2.26. The van der Waals surface area contributed by atoms with Gasteiger partial charge in [0.1, 0.15) is 0 Å². The monoisotopic (exact) mass is 289 g/mol. The zero-order valence-electron chi connectivity index (χ0n) is 14.4. The van der Waals surface area contributed by atoms with Crippen LogP contribution in [0.4, 0.5) is 5.69 Å². The van der Waals surface area contributed by atoms with Gasteiger partial charge in [-0.25, -0.2) is 0 Å². The molecule has 0 bridgehead atoms. The predicted molar refractivity (Wildman–Crippen MR) is 90.8 cm³/mol. The van der Waals surface area contributed by atoms with E-state index < -0.39 is 0 Å². The van der Waals surface area contributed by atoms with E-state index in [1.54, 1.807) is 0 Å². The molecule has 3 nitrogen and oxygen atoms in total. The van der Waals surface area contributed by atoms with Gasteiger partial charge in [0.2, 0.25) is 0 Å². The van der Waals surface area contributed by atoms with Crippen molar-refractivity contribution < 1.29 is 0 Å². The normalized spacial score (nSPS) is 19.9. The Bertz CT molecular complexity index is 462. The first-order valence-corrected chi connectivity index (χ1v) is 8.34. The van der Waals surface area contributed by atoms with Crippen molar-refractivity contribution in [3.05, 3.63) is 23.5 Å². The van der Waals surface area contributed by atoms with Crippen molar-refractivity contribution in [1.29, 1.82) is 0 Å². The van der Waals surface area contributed by atoms with E-state index in [2.05, 4.69) is 62.1 Å². The molecule has 1 unspecified atom stereocenters. The molecule has 21 heavy (non-hydrogen) atoms.